The number of anilines is 1. The van der Waals surface area contributed by atoms with Crippen LogP contribution >= 0.6 is 11.3 Å². The van der Waals surface area contributed by atoms with E-state index in [0.717, 1.165) is 52.7 Å². The molecule has 7 heteroatoms. The van der Waals surface area contributed by atoms with Crippen molar-refractivity contribution in [2.45, 2.75) is 39.2 Å². The molecule has 1 aliphatic rings. The summed E-state index contributed by atoms with van der Waals surface area (Å²) >= 11 is 1.75. The first-order valence-corrected chi connectivity index (χ1v) is 11.9. The highest BCUT2D eigenvalue weighted by molar-refractivity contribution is 7.18. The second-order valence-electron chi connectivity index (χ2n) is 8.34. The van der Waals surface area contributed by atoms with E-state index >= 15 is 0 Å². The minimum Gasteiger partial charge on any atom is -0.322 e. The summed E-state index contributed by atoms with van der Waals surface area (Å²) in [5.41, 5.74) is 4.58. The van der Waals surface area contributed by atoms with Crippen molar-refractivity contribution in [3.8, 4) is 5.69 Å². The predicted octanol–water partition coefficient (Wildman–Crippen LogP) is 5.26. The highest BCUT2D eigenvalue weighted by Gasteiger charge is 2.28. The molecule has 2 aromatic carbocycles. The quantitative estimate of drug-likeness (QED) is 0.455. The van der Waals surface area contributed by atoms with Crippen molar-refractivity contribution >= 4 is 33.1 Å². The summed E-state index contributed by atoms with van der Waals surface area (Å²) < 4.78 is 3.09. The molecule has 1 saturated heterocycles. The minimum atomic E-state index is -0.00294. The monoisotopic (exact) mass is 445 g/mol. The van der Waals surface area contributed by atoms with Gasteiger partial charge in [-0.25, -0.2) is 9.67 Å². The van der Waals surface area contributed by atoms with Crippen LogP contribution in [0.2, 0.25) is 0 Å². The minimum absolute atomic E-state index is 0.00294. The lowest BCUT2D eigenvalue weighted by atomic mass is 10.0. The molecule has 164 valence electrons. The molecule has 6 nitrogen and oxygen atoms in total. The molecular formula is C25H27N5OS. The van der Waals surface area contributed by atoms with Crippen LogP contribution in [0.25, 0.3) is 15.9 Å². The molecule has 0 unspecified atom stereocenters. The Bertz CT molecular complexity index is 1210. The first-order valence-electron chi connectivity index (χ1n) is 11.1. The van der Waals surface area contributed by atoms with Crippen molar-refractivity contribution in [1.82, 2.24) is 19.7 Å². The third-order valence-corrected chi connectivity index (χ3v) is 7.25. The summed E-state index contributed by atoms with van der Waals surface area (Å²) in [6.45, 7) is 5.20. The molecule has 3 heterocycles. The number of para-hydroxylation sites is 2. The number of amides is 1. The van der Waals surface area contributed by atoms with E-state index in [1.165, 1.54) is 11.1 Å². The second-order valence-corrected chi connectivity index (χ2v) is 9.41. The van der Waals surface area contributed by atoms with Gasteiger partial charge in [-0.05, 0) is 57.5 Å². The molecule has 1 fully saturated rings. The van der Waals surface area contributed by atoms with E-state index in [2.05, 4.69) is 33.5 Å². The number of aryl methyl sites for hydroxylation is 1. The number of hydrogen-bond donors (Lipinski definition) is 1. The molecule has 1 aliphatic heterocycles. The largest absolute Gasteiger partial charge is 0.322 e. The number of thiazole rings is 1. The van der Waals surface area contributed by atoms with Crippen molar-refractivity contribution in [1.29, 1.82) is 0 Å². The number of carbonyl (C=O) groups is 1. The molecule has 2 aromatic heterocycles. The Morgan fingerprint density at radius 3 is 2.69 bits per heavy atom. The number of carbonyl (C=O) groups excluding carboxylic acids is 1. The van der Waals surface area contributed by atoms with E-state index < -0.39 is 0 Å². The zero-order valence-electron chi connectivity index (χ0n) is 18.4. The number of piperidine rings is 1. The van der Waals surface area contributed by atoms with Gasteiger partial charge >= 0.3 is 0 Å². The average Bonchev–Trinajstić information content (AvgIpc) is 3.36. The molecule has 32 heavy (non-hydrogen) atoms. The Morgan fingerprint density at radius 2 is 1.88 bits per heavy atom. The Labute approximate surface area is 191 Å². The average molecular weight is 446 g/mol. The summed E-state index contributed by atoms with van der Waals surface area (Å²) in [6, 6.07) is 18.4. The van der Waals surface area contributed by atoms with E-state index in [4.69, 9.17) is 4.98 Å². The maximum atomic E-state index is 13.1. The summed E-state index contributed by atoms with van der Waals surface area (Å²) in [6.07, 6.45) is 3.32. The van der Waals surface area contributed by atoms with Gasteiger partial charge in [0, 0.05) is 0 Å². The number of aromatic nitrogens is 3. The summed E-state index contributed by atoms with van der Waals surface area (Å²) in [4.78, 5) is 20.2. The maximum absolute atomic E-state index is 13.1. The van der Waals surface area contributed by atoms with Crippen LogP contribution in [0.5, 0.6) is 0 Å². The Balaban J connectivity index is 1.33. The molecule has 0 saturated carbocycles. The Morgan fingerprint density at radius 1 is 1.09 bits per heavy atom. The number of rotatable bonds is 5. The molecule has 4 aromatic rings. The summed E-state index contributed by atoms with van der Waals surface area (Å²) in [5, 5.41) is 8.89. The van der Waals surface area contributed by atoms with Crippen LogP contribution in [0.1, 0.15) is 41.7 Å². The molecular weight excluding hydrogens is 418 g/mol. The summed E-state index contributed by atoms with van der Waals surface area (Å²) in [5.74, 6) is -0.00294. The van der Waals surface area contributed by atoms with Crippen molar-refractivity contribution in [3.05, 3.63) is 71.0 Å². The standard InChI is InChI=1S/C25H27N5OS/c1-17-24(18(2)30(28-17)19-10-4-3-5-11-19)27-23(31)16-29-15-9-8-13-21(29)25-26-20-12-6-7-14-22(20)32-25/h3-7,10-12,14,21H,8-9,13,15-16H2,1-2H3,(H,27,31)/t21-/m1/s1. The van der Waals surface area contributed by atoms with Gasteiger partial charge in [0.15, 0.2) is 0 Å². The van der Waals surface area contributed by atoms with E-state index in [9.17, 15) is 4.79 Å². The maximum Gasteiger partial charge on any atom is 0.238 e. The normalized spacial score (nSPS) is 17.0. The molecule has 0 aliphatic carbocycles. The van der Waals surface area contributed by atoms with Crippen LogP contribution in [-0.2, 0) is 4.79 Å². The Kier molecular flexibility index (Phi) is 5.76. The molecule has 1 N–H and O–H groups in total. The van der Waals surface area contributed by atoms with E-state index in [0.29, 0.717) is 6.54 Å². The van der Waals surface area contributed by atoms with Crippen LogP contribution in [0.15, 0.2) is 54.6 Å². The smallest absolute Gasteiger partial charge is 0.238 e. The van der Waals surface area contributed by atoms with Crippen molar-refractivity contribution in [2.24, 2.45) is 0 Å². The van der Waals surface area contributed by atoms with E-state index in [1.807, 2.05) is 54.9 Å². The van der Waals surface area contributed by atoms with Gasteiger partial charge in [-0.15, -0.1) is 11.3 Å². The lowest BCUT2D eigenvalue weighted by Gasteiger charge is -2.33. The zero-order valence-corrected chi connectivity index (χ0v) is 19.2. The van der Waals surface area contributed by atoms with Gasteiger partial charge in [-0.3, -0.25) is 9.69 Å². The van der Waals surface area contributed by atoms with E-state index in [1.54, 1.807) is 11.3 Å². The van der Waals surface area contributed by atoms with Crippen LogP contribution < -0.4 is 5.32 Å². The predicted molar refractivity (Wildman–Crippen MR) is 129 cm³/mol. The number of fused-ring (bicyclic) bond motifs is 1. The van der Waals surface area contributed by atoms with Gasteiger partial charge in [0.25, 0.3) is 0 Å². The van der Waals surface area contributed by atoms with Gasteiger partial charge in [0.1, 0.15) is 5.01 Å². The fourth-order valence-electron chi connectivity index (χ4n) is 4.50. The molecule has 0 bridgehead atoms. The number of benzene rings is 2. The first-order chi connectivity index (χ1) is 15.6. The van der Waals surface area contributed by atoms with Gasteiger partial charge < -0.3 is 5.32 Å². The van der Waals surface area contributed by atoms with Gasteiger partial charge in [-0.1, -0.05) is 36.8 Å². The third kappa shape index (κ3) is 4.06. The van der Waals surface area contributed by atoms with Gasteiger partial charge in [-0.2, -0.15) is 5.10 Å². The van der Waals surface area contributed by atoms with Crippen molar-refractivity contribution in [2.75, 3.05) is 18.4 Å². The fourth-order valence-corrected chi connectivity index (χ4v) is 5.64. The fraction of sp³-hybridized carbons (Fsp3) is 0.320. The highest BCUT2D eigenvalue weighted by atomic mass is 32.1. The number of nitrogens with one attached hydrogen (secondary N) is 1. The van der Waals surface area contributed by atoms with Crippen LogP contribution in [-0.4, -0.2) is 38.7 Å². The Hall–Kier alpha value is -3.03. The zero-order chi connectivity index (χ0) is 22.1. The molecule has 0 radical (unpaired) electrons. The molecule has 0 spiro atoms. The van der Waals surface area contributed by atoms with Gasteiger partial charge in [0.2, 0.25) is 5.91 Å². The number of nitrogens with zero attached hydrogens (tertiary/aromatic N) is 4. The van der Waals surface area contributed by atoms with Gasteiger partial charge in [0.05, 0.1) is 45.6 Å². The van der Waals surface area contributed by atoms with Crippen LogP contribution in [0.4, 0.5) is 5.69 Å². The second kappa shape index (κ2) is 8.84. The topological polar surface area (TPSA) is 63.1 Å². The van der Waals surface area contributed by atoms with Crippen LogP contribution in [0.3, 0.4) is 0 Å². The molecule has 5 rings (SSSR count). The first kappa shape index (κ1) is 20.8. The highest BCUT2D eigenvalue weighted by Crippen LogP contribution is 2.35. The van der Waals surface area contributed by atoms with Crippen molar-refractivity contribution in [3.63, 3.8) is 0 Å². The molecule has 1 amide bonds. The summed E-state index contributed by atoms with van der Waals surface area (Å²) in [7, 11) is 0. The lowest BCUT2D eigenvalue weighted by molar-refractivity contribution is -0.118. The molecule has 1 atom stereocenters. The number of hydrogen-bond acceptors (Lipinski definition) is 5. The van der Waals surface area contributed by atoms with E-state index in [-0.39, 0.29) is 11.9 Å². The van der Waals surface area contributed by atoms with Crippen molar-refractivity contribution < 1.29 is 4.79 Å². The third-order valence-electron chi connectivity index (χ3n) is 6.11. The van der Waals surface area contributed by atoms with Crippen LogP contribution in [0, 0.1) is 13.8 Å². The lowest BCUT2D eigenvalue weighted by Crippen LogP contribution is -2.39. The SMILES string of the molecule is Cc1nn(-c2ccccc2)c(C)c1NC(=O)CN1CCCC[C@@H]1c1nc2ccccc2s1. The number of likely N-dealkylation sites (tertiary alicyclic amines) is 1.